The predicted molar refractivity (Wildman–Crippen MR) is 162 cm³/mol. The minimum Gasteiger partial charge on any atom is -0.492 e. The van der Waals surface area contributed by atoms with Crippen LogP contribution >= 0.6 is 0 Å². The molecule has 0 aliphatic rings. The van der Waals surface area contributed by atoms with Gasteiger partial charge in [-0.05, 0) is 69.9 Å². The predicted octanol–water partition coefficient (Wildman–Crippen LogP) is 6.10. The number of carbonyl (C=O) groups excluding carboxylic acids is 2. The van der Waals surface area contributed by atoms with E-state index in [0.717, 1.165) is 48.6 Å². The maximum atomic E-state index is 12.5. The third kappa shape index (κ3) is 13.9. The summed E-state index contributed by atoms with van der Waals surface area (Å²) in [5.41, 5.74) is 2.14. The molecule has 2 atom stereocenters. The lowest BCUT2D eigenvalue weighted by Crippen LogP contribution is -2.31. The summed E-state index contributed by atoms with van der Waals surface area (Å²) >= 11 is 0. The minimum atomic E-state index is -0.0504. The number of ether oxygens (including phenoxy) is 3. The molecule has 0 bridgehead atoms. The Bertz CT molecular complexity index is 1020. The van der Waals surface area contributed by atoms with Gasteiger partial charge in [0.15, 0.2) is 5.78 Å². The number of hydrogen-bond acceptors (Lipinski definition) is 7. The Labute approximate surface area is 241 Å². The van der Waals surface area contributed by atoms with Crippen molar-refractivity contribution in [3.63, 3.8) is 0 Å². The molecule has 0 amide bonds. The molecule has 0 aliphatic heterocycles. The van der Waals surface area contributed by atoms with Crippen molar-refractivity contribution in [3.05, 3.63) is 54.1 Å². The first-order valence-corrected chi connectivity index (χ1v) is 14.7. The van der Waals surface area contributed by atoms with Crippen molar-refractivity contribution in [1.29, 1.82) is 0 Å². The molecule has 7 nitrogen and oxygen atoms in total. The first-order valence-electron chi connectivity index (χ1n) is 14.7. The third-order valence-corrected chi connectivity index (χ3v) is 6.68. The van der Waals surface area contributed by atoms with Crippen molar-refractivity contribution >= 4 is 17.3 Å². The molecule has 0 fully saturated rings. The van der Waals surface area contributed by atoms with Crippen LogP contribution in [0.5, 0.6) is 11.5 Å². The second-order valence-corrected chi connectivity index (χ2v) is 11.1. The summed E-state index contributed by atoms with van der Waals surface area (Å²) < 4.78 is 17.2. The summed E-state index contributed by atoms with van der Waals surface area (Å²) in [6.07, 6.45) is 3.01. The molecule has 0 aromatic heterocycles. The van der Waals surface area contributed by atoms with E-state index in [1.54, 1.807) is 0 Å². The van der Waals surface area contributed by atoms with Gasteiger partial charge in [0.05, 0.1) is 6.61 Å². The van der Waals surface area contributed by atoms with Gasteiger partial charge in [-0.3, -0.25) is 9.59 Å². The van der Waals surface area contributed by atoms with Crippen molar-refractivity contribution in [1.82, 2.24) is 5.32 Å². The standard InChI is InChI=1S/C33H50N2O5/c1-24(2)32(36)16-15-28-9-7-11-30(21-28)39-18-17-34-27(6)14-13-26(5)33(37)23-38-19-20-40-31-12-8-10-29(22-31)35-25(3)4/h7-12,21-22,24-27,34-35H,13-20,23H2,1-6H3. The molecule has 2 unspecified atom stereocenters. The van der Waals surface area contributed by atoms with Crippen LogP contribution in [0.1, 0.15) is 66.4 Å². The molecule has 0 saturated carbocycles. The fraction of sp³-hybridized carbons (Fsp3) is 0.576. The highest BCUT2D eigenvalue weighted by Crippen LogP contribution is 2.18. The maximum absolute atomic E-state index is 12.5. The molecule has 2 rings (SSSR count). The van der Waals surface area contributed by atoms with Gasteiger partial charge in [0, 0.05) is 48.6 Å². The monoisotopic (exact) mass is 554 g/mol. The highest BCUT2D eigenvalue weighted by atomic mass is 16.5. The number of anilines is 1. The smallest absolute Gasteiger partial charge is 0.161 e. The summed E-state index contributed by atoms with van der Waals surface area (Å²) in [5, 5.41) is 6.82. The molecule has 40 heavy (non-hydrogen) atoms. The zero-order chi connectivity index (χ0) is 29.3. The van der Waals surface area contributed by atoms with Gasteiger partial charge >= 0.3 is 0 Å². The van der Waals surface area contributed by atoms with Crippen LogP contribution in [-0.4, -0.2) is 56.6 Å². The molecule has 2 N–H and O–H groups in total. The summed E-state index contributed by atoms with van der Waals surface area (Å²) in [6, 6.07) is 16.4. The maximum Gasteiger partial charge on any atom is 0.161 e. The minimum absolute atomic E-state index is 0.0504. The van der Waals surface area contributed by atoms with Gasteiger partial charge in [-0.25, -0.2) is 0 Å². The van der Waals surface area contributed by atoms with Crippen LogP contribution in [-0.2, 0) is 20.7 Å². The summed E-state index contributed by atoms with van der Waals surface area (Å²) in [4.78, 5) is 24.3. The summed E-state index contributed by atoms with van der Waals surface area (Å²) in [6.45, 7) is 14.3. The van der Waals surface area contributed by atoms with Crippen LogP contribution in [0.15, 0.2) is 48.5 Å². The molecule has 0 heterocycles. The number of nitrogens with one attached hydrogen (secondary N) is 2. The third-order valence-electron chi connectivity index (χ3n) is 6.68. The van der Waals surface area contributed by atoms with Gasteiger partial charge in [-0.1, -0.05) is 39.0 Å². The fourth-order valence-corrected chi connectivity index (χ4v) is 4.13. The first-order chi connectivity index (χ1) is 19.1. The molecule has 2 aromatic rings. The van der Waals surface area contributed by atoms with E-state index in [1.807, 2.05) is 69.3 Å². The van der Waals surface area contributed by atoms with Gasteiger partial charge < -0.3 is 24.8 Å². The van der Waals surface area contributed by atoms with E-state index in [4.69, 9.17) is 14.2 Å². The number of benzene rings is 2. The van der Waals surface area contributed by atoms with E-state index in [0.29, 0.717) is 32.3 Å². The average Bonchev–Trinajstić information content (AvgIpc) is 2.92. The highest BCUT2D eigenvalue weighted by Gasteiger charge is 2.14. The normalized spacial score (nSPS) is 12.8. The van der Waals surface area contributed by atoms with E-state index >= 15 is 0 Å². The van der Waals surface area contributed by atoms with Crippen molar-refractivity contribution in [3.8, 4) is 11.5 Å². The fourth-order valence-electron chi connectivity index (χ4n) is 4.13. The van der Waals surface area contributed by atoms with Crippen molar-refractivity contribution in [2.24, 2.45) is 11.8 Å². The van der Waals surface area contributed by atoms with Gasteiger partial charge in [-0.15, -0.1) is 0 Å². The number of ketones is 2. The van der Waals surface area contributed by atoms with Crippen LogP contribution in [0, 0.1) is 11.8 Å². The summed E-state index contributed by atoms with van der Waals surface area (Å²) in [5.74, 6) is 2.04. The molecule has 0 aliphatic carbocycles. The van der Waals surface area contributed by atoms with E-state index in [1.165, 1.54) is 0 Å². The zero-order valence-electron chi connectivity index (χ0n) is 25.3. The Kier molecular flexibility index (Phi) is 15.4. The SMILES string of the molecule is CC(C)Nc1cccc(OCCOCC(=O)C(C)CCC(C)NCCOc2cccc(CCC(=O)C(C)C)c2)c1. The van der Waals surface area contributed by atoms with E-state index in [2.05, 4.69) is 31.4 Å². The van der Waals surface area contributed by atoms with Gasteiger partial charge in [0.1, 0.15) is 37.1 Å². The lowest BCUT2D eigenvalue weighted by molar-refractivity contribution is -0.127. The Morgan fingerprint density at radius 3 is 2.23 bits per heavy atom. The molecule has 222 valence electrons. The highest BCUT2D eigenvalue weighted by molar-refractivity contribution is 5.81. The van der Waals surface area contributed by atoms with E-state index in [-0.39, 0.29) is 36.1 Å². The van der Waals surface area contributed by atoms with Crippen molar-refractivity contribution < 1.29 is 23.8 Å². The van der Waals surface area contributed by atoms with E-state index < -0.39 is 0 Å². The van der Waals surface area contributed by atoms with Gasteiger partial charge in [0.2, 0.25) is 0 Å². The summed E-state index contributed by atoms with van der Waals surface area (Å²) in [7, 11) is 0. The number of aryl methyl sites for hydroxylation is 1. The van der Waals surface area contributed by atoms with Crippen molar-refractivity contribution in [2.75, 3.05) is 38.3 Å². The number of hydrogen-bond donors (Lipinski definition) is 2. The molecule has 0 saturated heterocycles. The quantitative estimate of drug-likeness (QED) is 0.180. The molecular formula is C33H50N2O5. The molecule has 2 aromatic carbocycles. The first kappa shape index (κ1) is 33.3. The number of carbonyl (C=O) groups is 2. The lowest BCUT2D eigenvalue weighted by Gasteiger charge is -2.17. The van der Waals surface area contributed by atoms with Crippen molar-refractivity contribution in [2.45, 2.75) is 79.3 Å². The van der Waals surface area contributed by atoms with Gasteiger partial charge in [-0.2, -0.15) is 0 Å². The Balaban J connectivity index is 1.55. The molecule has 7 heteroatoms. The largest absolute Gasteiger partial charge is 0.492 e. The van der Waals surface area contributed by atoms with Gasteiger partial charge in [0.25, 0.3) is 0 Å². The molecular weight excluding hydrogens is 504 g/mol. The van der Waals surface area contributed by atoms with Crippen LogP contribution < -0.4 is 20.1 Å². The van der Waals surface area contributed by atoms with Crippen LogP contribution in [0.3, 0.4) is 0 Å². The number of rotatable bonds is 21. The molecule has 0 spiro atoms. The molecule has 0 radical (unpaired) electrons. The van der Waals surface area contributed by atoms with Crippen LogP contribution in [0.25, 0.3) is 0 Å². The van der Waals surface area contributed by atoms with Crippen LogP contribution in [0.2, 0.25) is 0 Å². The number of Topliss-reactive ketones (excluding diaryl/α,β-unsaturated/α-hetero) is 2. The average molecular weight is 555 g/mol. The lowest BCUT2D eigenvalue weighted by atomic mass is 9.98. The van der Waals surface area contributed by atoms with Crippen LogP contribution in [0.4, 0.5) is 5.69 Å². The van der Waals surface area contributed by atoms with E-state index in [9.17, 15) is 9.59 Å². The second-order valence-electron chi connectivity index (χ2n) is 11.1. The second kappa shape index (κ2) is 18.4. The topological polar surface area (TPSA) is 85.9 Å². The Hall–Kier alpha value is -2.90. The Morgan fingerprint density at radius 2 is 1.50 bits per heavy atom. The zero-order valence-corrected chi connectivity index (χ0v) is 25.3. The Morgan fingerprint density at radius 1 is 0.800 bits per heavy atom.